The first-order valence-corrected chi connectivity index (χ1v) is 5.63. The molecule has 0 bridgehead atoms. The van der Waals surface area contributed by atoms with E-state index in [1.165, 1.54) is 0 Å². The number of nitrogens with zero attached hydrogens (tertiary/aromatic N) is 1. The van der Waals surface area contributed by atoms with Crippen LogP contribution >= 0.6 is 23.4 Å². The molecule has 0 heterocycles. The highest BCUT2D eigenvalue weighted by molar-refractivity contribution is 6.22. The molecular weight excluding hydrogens is 225 g/mol. The molecule has 0 fully saturated rings. The quantitative estimate of drug-likeness (QED) is 0.403. The first-order chi connectivity index (χ1) is 6.57. The summed E-state index contributed by atoms with van der Waals surface area (Å²) in [5.41, 5.74) is -0.639. The minimum absolute atomic E-state index is 0.504. The highest BCUT2D eigenvalue weighted by atomic mass is 35.5. The molecule has 0 aliphatic carbocycles. The van der Waals surface area contributed by atoms with Crippen molar-refractivity contribution in [1.29, 1.82) is 0 Å². The van der Waals surface area contributed by atoms with Crippen LogP contribution in [0.15, 0.2) is 0 Å². The Labute approximate surface area is 95.4 Å². The lowest BCUT2D eigenvalue weighted by atomic mass is 10.2. The Bertz CT molecular complexity index is 165. The number of halogens is 2. The maximum atomic E-state index is 11.1. The fourth-order valence-electron chi connectivity index (χ4n) is 0.965. The summed E-state index contributed by atoms with van der Waals surface area (Å²) in [6.45, 7) is 4.20. The zero-order valence-electron chi connectivity index (χ0n) is 8.63. The zero-order chi connectivity index (χ0) is 11.0. The second-order valence-electron chi connectivity index (χ2n) is 3.07. The smallest absolute Gasteiger partial charge is 0.425 e. The Hall–Kier alpha value is -0.150. The number of carbonyl (C=O) groups is 1. The molecule has 0 saturated carbocycles. The standard InChI is InChI=1S/C9H17Cl2NO2/c1-3-4-5-6-7-12(11)9(13)14-8(2)10/h8H,3-7H2,1-2H3. The van der Waals surface area contributed by atoms with Crippen molar-refractivity contribution in [3.8, 4) is 0 Å². The Morgan fingerprint density at radius 1 is 1.43 bits per heavy atom. The van der Waals surface area contributed by atoms with Gasteiger partial charge in [-0.25, -0.2) is 9.21 Å². The van der Waals surface area contributed by atoms with Gasteiger partial charge in [0.15, 0.2) is 5.56 Å². The molecule has 84 valence electrons. The van der Waals surface area contributed by atoms with Crippen LogP contribution < -0.4 is 0 Å². The number of rotatable bonds is 6. The number of amides is 1. The molecule has 1 amide bonds. The van der Waals surface area contributed by atoms with Gasteiger partial charge in [-0.3, -0.25) is 0 Å². The highest BCUT2D eigenvalue weighted by Crippen LogP contribution is 2.07. The third kappa shape index (κ3) is 7.27. The average molecular weight is 242 g/mol. The van der Waals surface area contributed by atoms with Crippen molar-refractivity contribution >= 4 is 29.5 Å². The maximum absolute atomic E-state index is 11.1. The second kappa shape index (κ2) is 8.18. The fourth-order valence-corrected chi connectivity index (χ4v) is 1.20. The molecule has 0 spiro atoms. The van der Waals surface area contributed by atoms with E-state index in [0.29, 0.717) is 6.54 Å². The van der Waals surface area contributed by atoms with E-state index in [-0.39, 0.29) is 0 Å². The molecular formula is C9H17Cl2NO2. The fraction of sp³-hybridized carbons (Fsp3) is 0.889. The van der Waals surface area contributed by atoms with Crippen LogP contribution in [0.1, 0.15) is 39.5 Å². The van der Waals surface area contributed by atoms with Crippen LogP contribution in [0, 0.1) is 0 Å². The predicted molar refractivity (Wildman–Crippen MR) is 58.5 cm³/mol. The molecule has 0 saturated heterocycles. The maximum Gasteiger partial charge on any atom is 0.425 e. The molecule has 5 heteroatoms. The number of hydrogen-bond donors (Lipinski definition) is 0. The molecule has 0 aromatic carbocycles. The van der Waals surface area contributed by atoms with E-state index in [9.17, 15) is 4.79 Å². The van der Waals surface area contributed by atoms with Gasteiger partial charge in [-0.1, -0.05) is 37.8 Å². The van der Waals surface area contributed by atoms with E-state index in [4.69, 9.17) is 23.4 Å². The molecule has 0 aliphatic heterocycles. The molecule has 0 radical (unpaired) electrons. The molecule has 0 aromatic rings. The topological polar surface area (TPSA) is 29.5 Å². The molecule has 0 aromatic heterocycles. The molecule has 0 rings (SSSR count). The van der Waals surface area contributed by atoms with Gasteiger partial charge in [-0.2, -0.15) is 0 Å². The molecule has 14 heavy (non-hydrogen) atoms. The number of hydrogen-bond acceptors (Lipinski definition) is 2. The Balaban J connectivity index is 3.52. The zero-order valence-corrected chi connectivity index (χ0v) is 10.1. The van der Waals surface area contributed by atoms with E-state index in [2.05, 4.69) is 11.7 Å². The first kappa shape index (κ1) is 13.8. The molecule has 1 unspecified atom stereocenters. The lowest BCUT2D eigenvalue weighted by Crippen LogP contribution is -2.25. The Morgan fingerprint density at radius 2 is 2.07 bits per heavy atom. The van der Waals surface area contributed by atoms with E-state index >= 15 is 0 Å². The van der Waals surface area contributed by atoms with Crippen LogP contribution in [0.2, 0.25) is 0 Å². The molecule has 0 N–H and O–H groups in total. The van der Waals surface area contributed by atoms with E-state index in [1.54, 1.807) is 6.92 Å². The Morgan fingerprint density at radius 3 is 2.57 bits per heavy atom. The third-order valence-corrected chi connectivity index (χ3v) is 2.07. The summed E-state index contributed by atoms with van der Waals surface area (Å²) in [4.78, 5) is 11.1. The summed E-state index contributed by atoms with van der Waals surface area (Å²) in [6.07, 6.45) is 3.70. The van der Waals surface area contributed by atoms with Gasteiger partial charge in [0.05, 0.1) is 0 Å². The van der Waals surface area contributed by atoms with Crippen molar-refractivity contribution in [2.45, 2.75) is 45.1 Å². The van der Waals surface area contributed by atoms with Crippen molar-refractivity contribution in [2.75, 3.05) is 6.54 Å². The number of unbranched alkanes of at least 4 members (excludes halogenated alkanes) is 3. The normalized spacial score (nSPS) is 12.3. The molecule has 3 nitrogen and oxygen atoms in total. The summed E-state index contributed by atoms with van der Waals surface area (Å²) >= 11 is 11.1. The van der Waals surface area contributed by atoms with Gasteiger partial charge < -0.3 is 4.74 Å². The van der Waals surface area contributed by atoms with Crippen LogP contribution in [0.4, 0.5) is 4.79 Å². The summed E-state index contributed by atoms with van der Waals surface area (Å²) in [5, 5.41) is 0. The van der Waals surface area contributed by atoms with Gasteiger partial charge in [0, 0.05) is 18.3 Å². The molecule has 1 atom stereocenters. The van der Waals surface area contributed by atoms with Gasteiger partial charge in [0.25, 0.3) is 0 Å². The minimum Gasteiger partial charge on any atom is -0.429 e. The first-order valence-electron chi connectivity index (χ1n) is 4.86. The van der Waals surface area contributed by atoms with Crippen molar-refractivity contribution in [3.05, 3.63) is 0 Å². The van der Waals surface area contributed by atoms with Gasteiger partial charge >= 0.3 is 6.09 Å². The van der Waals surface area contributed by atoms with Gasteiger partial charge in [-0.15, -0.1) is 0 Å². The summed E-state index contributed by atoms with van der Waals surface area (Å²) in [5.74, 6) is 0. The number of alkyl halides is 1. The summed E-state index contributed by atoms with van der Waals surface area (Å²) in [7, 11) is 0. The third-order valence-electron chi connectivity index (χ3n) is 1.67. The van der Waals surface area contributed by atoms with Crippen molar-refractivity contribution in [2.24, 2.45) is 0 Å². The average Bonchev–Trinajstić information content (AvgIpc) is 2.11. The van der Waals surface area contributed by atoms with E-state index < -0.39 is 11.7 Å². The highest BCUT2D eigenvalue weighted by Gasteiger charge is 2.13. The molecule has 0 aliphatic rings. The van der Waals surface area contributed by atoms with Crippen molar-refractivity contribution in [1.82, 2.24) is 4.42 Å². The van der Waals surface area contributed by atoms with Gasteiger partial charge in [0.1, 0.15) is 0 Å². The van der Waals surface area contributed by atoms with Gasteiger partial charge in [0.2, 0.25) is 0 Å². The van der Waals surface area contributed by atoms with Crippen LogP contribution in [0.3, 0.4) is 0 Å². The van der Waals surface area contributed by atoms with Crippen molar-refractivity contribution in [3.63, 3.8) is 0 Å². The minimum atomic E-state index is -0.639. The monoisotopic (exact) mass is 241 g/mol. The number of carbonyl (C=O) groups excluding carboxylic acids is 1. The van der Waals surface area contributed by atoms with Gasteiger partial charge in [-0.05, 0) is 13.3 Å². The lowest BCUT2D eigenvalue weighted by molar-refractivity contribution is 0.118. The van der Waals surface area contributed by atoms with Crippen LogP contribution in [-0.4, -0.2) is 22.6 Å². The van der Waals surface area contributed by atoms with E-state index in [0.717, 1.165) is 30.1 Å². The lowest BCUT2D eigenvalue weighted by Gasteiger charge is -2.14. The predicted octanol–water partition coefficient (Wildman–Crippen LogP) is 3.74. The second-order valence-corrected chi connectivity index (χ2v) is 4.10. The van der Waals surface area contributed by atoms with Crippen LogP contribution in [0.25, 0.3) is 0 Å². The van der Waals surface area contributed by atoms with Crippen LogP contribution in [0.5, 0.6) is 0 Å². The summed E-state index contributed by atoms with van der Waals surface area (Å²) < 4.78 is 5.73. The van der Waals surface area contributed by atoms with Crippen LogP contribution in [-0.2, 0) is 4.74 Å². The van der Waals surface area contributed by atoms with Crippen molar-refractivity contribution < 1.29 is 9.53 Å². The van der Waals surface area contributed by atoms with E-state index in [1.807, 2.05) is 0 Å². The SMILES string of the molecule is CCCCCCN(Cl)C(=O)OC(C)Cl. The largest absolute Gasteiger partial charge is 0.429 e. The number of ether oxygens (including phenoxy) is 1. The Kier molecular flexibility index (Phi) is 8.09. The summed E-state index contributed by atoms with van der Waals surface area (Å²) in [6, 6.07) is 0.